The van der Waals surface area contributed by atoms with Gasteiger partial charge in [0, 0.05) is 28.1 Å². The Labute approximate surface area is 173 Å². The average molecular weight is 412 g/mol. The quantitative estimate of drug-likeness (QED) is 0.561. The zero-order valence-electron chi connectivity index (χ0n) is 15.9. The second-order valence-corrected chi connectivity index (χ2v) is 8.44. The standard InChI is InChI=1S/C24H20ClF2NO/c1-24-13-28-8-7-21(24)29-23-17(14-5-3-2-4-6-14)9-15(10-18(23)24)22-19(26)11-16(25)12-20(22)27/h2-6,9-12,21,28H,7-8,13H2,1H3/t21?,24-/m0/s1. The number of hydrogen-bond acceptors (Lipinski definition) is 2. The van der Waals surface area contributed by atoms with Gasteiger partial charge >= 0.3 is 0 Å². The fourth-order valence-electron chi connectivity index (χ4n) is 4.59. The van der Waals surface area contributed by atoms with Crippen LogP contribution in [-0.2, 0) is 5.41 Å². The van der Waals surface area contributed by atoms with E-state index in [0.717, 1.165) is 54.1 Å². The van der Waals surface area contributed by atoms with Gasteiger partial charge in [-0.1, -0.05) is 48.9 Å². The highest BCUT2D eigenvalue weighted by atomic mass is 35.5. The van der Waals surface area contributed by atoms with Crippen molar-refractivity contribution in [2.45, 2.75) is 24.9 Å². The molecule has 2 aliphatic heterocycles. The summed E-state index contributed by atoms with van der Waals surface area (Å²) in [6.45, 7) is 3.80. The second kappa shape index (κ2) is 6.82. The molecule has 2 aliphatic rings. The Balaban J connectivity index is 1.79. The number of nitrogens with one attached hydrogen (secondary N) is 1. The van der Waals surface area contributed by atoms with Crippen molar-refractivity contribution < 1.29 is 13.5 Å². The maximum atomic E-state index is 14.7. The molecule has 0 saturated carbocycles. The number of rotatable bonds is 2. The van der Waals surface area contributed by atoms with Gasteiger partial charge in [-0.05, 0) is 48.4 Å². The van der Waals surface area contributed by atoms with Gasteiger partial charge in [-0.3, -0.25) is 0 Å². The van der Waals surface area contributed by atoms with Crippen molar-refractivity contribution >= 4 is 11.6 Å². The monoisotopic (exact) mass is 411 g/mol. The first-order chi connectivity index (χ1) is 14.0. The third kappa shape index (κ3) is 2.93. The van der Waals surface area contributed by atoms with Gasteiger partial charge in [-0.25, -0.2) is 8.78 Å². The number of piperidine rings is 1. The van der Waals surface area contributed by atoms with Crippen molar-refractivity contribution in [1.29, 1.82) is 0 Å². The molecule has 3 aromatic carbocycles. The van der Waals surface area contributed by atoms with Crippen LogP contribution < -0.4 is 10.1 Å². The molecule has 148 valence electrons. The van der Waals surface area contributed by atoms with Crippen molar-refractivity contribution in [3.8, 4) is 28.0 Å². The summed E-state index contributed by atoms with van der Waals surface area (Å²) in [5.74, 6) is -0.529. The number of ether oxygens (including phenoxy) is 1. The summed E-state index contributed by atoms with van der Waals surface area (Å²) in [6.07, 6.45) is 0.926. The lowest BCUT2D eigenvalue weighted by atomic mass is 9.74. The van der Waals surface area contributed by atoms with Gasteiger partial charge in [0.15, 0.2) is 0 Å². The van der Waals surface area contributed by atoms with Crippen LogP contribution in [0, 0.1) is 11.6 Å². The van der Waals surface area contributed by atoms with Crippen molar-refractivity contribution in [2.24, 2.45) is 0 Å². The normalized spacial score (nSPS) is 22.7. The molecule has 0 radical (unpaired) electrons. The van der Waals surface area contributed by atoms with E-state index in [9.17, 15) is 8.78 Å². The summed E-state index contributed by atoms with van der Waals surface area (Å²) in [4.78, 5) is 0. The lowest BCUT2D eigenvalue weighted by Crippen LogP contribution is -2.50. The van der Waals surface area contributed by atoms with Gasteiger partial charge in [0.1, 0.15) is 23.5 Å². The Hall–Kier alpha value is -2.43. The van der Waals surface area contributed by atoms with E-state index in [1.165, 1.54) is 0 Å². The molecule has 1 N–H and O–H groups in total. The molecule has 3 aromatic rings. The summed E-state index contributed by atoms with van der Waals surface area (Å²) in [5.41, 5.74) is 2.96. The van der Waals surface area contributed by atoms with Crippen LogP contribution in [0.1, 0.15) is 18.9 Å². The molecule has 29 heavy (non-hydrogen) atoms. The number of hydrogen-bond donors (Lipinski definition) is 1. The minimum Gasteiger partial charge on any atom is -0.488 e. The highest BCUT2D eigenvalue weighted by molar-refractivity contribution is 6.30. The van der Waals surface area contributed by atoms with Crippen LogP contribution in [0.4, 0.5) is 8.78 Å². The van der Waals surface area contributed by atoms with Crippen LogP contribution in [-0.4, -0.2) is 19.2 Å². The molecule has 0 aliphatic carbocycles. The van der Waals surface area contributed by atoms with E-state index in [2.05, 4.69) is 12.2 Å². The molecule has 0 spiro atoms. The largest absolute Gasteiger partial charge is 0.488 e. The highest BCUT2D eigenvalue weighted by Gasteiger charge is 2.48. The van der Waals surface area contributed by atoms with E-state index in [4.69, 9.17) is 16.3 Å². The third-order valence-electron chi connectivity index (χ3n) is 6.13. The number of fused-ring (bicyclic) bond motifs is 3. The summed E-state index contributed by atoms with van der Waals surface area (Å²) >= 11 is 5.84. The Morgan fingerprint density at radius 1 is 1.03 bits per heavy atom. The number of halogens is 3. The van der Waals surface area contributed by atoms with E-state index in [1.54, 1.807) is 0 Å². The van der Waals surface area contributed by atoms with E-state index in [1.807, 2.05) is 42.5 Å². The Morgan fingerprint density at radius 3 is 2.48 bits per heavy atom. The van der Waals surface area contributed by atoms with Gasteiger partial charge < -0.3 is 10.1 Å². The summed E-state index contributed by atoms with van der Waals surface area (Å²) in [6, 6.07) is 15.8. The van der Waals surface area contributed by atoms with Gasteiger partial charge in [0.25, 0.3) is 0 Å². The SMILES string of the molecule is C[C@@]12CNCCC1Oc1c(-c3ccccc3)cc(-c3c(F)cc(Cl)cc3F)cc12. The summed E-state index contributed by atoms with van der Waals surface area (Å²) < 4.78 is 35.9. The van der Waals surface area contributed by atoms with E-state index >= 15 is 0 Å². The first-order valence-electron chi connectivity index (χ1n) is 9.73. The maximum absolute atomic E-state index is 14.7. The molecule has 2 nitrogen and oxygen atoms in total. The van der Waals surface area contributed by atoms with Crippen LogP contribution in [0.25, 0.3) is 22.3 Å². The van der Waals surface area contributed by atoms with Gasteiger partial charge in [0.05, 0.1) is 5.56 Å². The first-order valence-corrected chi connectivity index (χ1v) is 10.1. The molecule has 2 atom stereocenters. The molecule has 0 bridgehead atoms. The lowest BCUT2D eigenvalue weighted by Gasteiger charge is -2.35. The second-order valence-electron chi connectivity index (χ2n) is 8.00. The Kier molecular flexibility index (Phi) is 4.37. The van der Waals surface area contributed by atoms with Crippen LogP contribution in [0.2, 0.25) is 5.02 Å². The smallest absolute Gasteiger partial charge is 0.135 e. The molecule has 5 heteroatoms. The Morgan fingerprint density at radius 2 is 1.76 bits per heavy atom. The minimum absolute atomic E-state index is 0.0383. The highest BCUT2D eigenvalue weighted by Crippen LogP contribution is 2.51. The number of benzene rings is 3. The molecule has 5 rings (SSSR count). The fraction of sp³-hybridized carbons (Fsp3) is 0.250. The molecular formula is C24H20ClF2NO. The van der Waals surface area contributed by atoms with Crippen LogP contribution in [0.15, 0.2) is 54.6 Å². The molecule has 0 aromatic heterocycles. The van der Waals surface area contributed by atoms with Crippen LogP contribution in [0.3, 0.4) is 0 Å². The van der Waals surface area contributed by atoms with Crippen molar-refractivity contribution in [2.75, 3.05) is 13.1 Å². The summed E-state index contributed by atoms with van der Waals surface area (Å²) in [7, 11) is 0. The topological polar surface area (TPSA) is 21.3 Å². The van der Waals surface area contributed by atoms with E-state index in [-0.39, 0.29) is 22.1 Å². The Bertz CT molecular complexity index is 1080. The van der Waals surface area contributed by atoms with Crippen LogP contribution in [0.5, 0.6) is 5.75 Å². The minimum atomic E-state index is -0.670. The van der Waals surface area contributed by atoms with Crippen molar-refractivity contribution in [3.05, 3.63) is 76.8 Å². The molecule has 0 amide bonds. The lowest BCUT2D eigenvalue weighted by molar-refractivity contribution is 0.122. The van der Waals surface area contributed by atoms with Crippen molar-refractivity contribution in [3.63, 3.8) is 0 Å². The predicted octanol–water partition coefficient (Wildman–Crippen LogP) is 5.96. The zero-order chi connectivity index (χ0) is 20.2. The van der Waals surface area contributed by atoms with Gasteiger partial charge in [0.2, 0.25) is 0 Å². The zero-order valence-corrected chi connectivity index (χ0v) is 16.7. The maximum Gasteiger partial charge on any atom is 0.135 e. The molecule has 1 fully saturated rings. The third-order valence-corrected chi connectivity index (χ3v) is 6.35. The van der Waals surface area contributed by atoms with Gasteiger partial charge in [-0.15, -0.1) is 0 Å². The summed E-state index contributed by atoms with van der Waals surface area (Å²) in [5, 5.41) is 3.48. The molecule has 2 heterocycles. The molecule has 1 unspecified atom stereocenters. The van der Waals surface area contributed by atoms with E-state index in [0.29, 0.717) is 5.56 Å². The average Bonchev–Trinajstić information content (AvgIpc) is 3.00. The first kappa shape index (κ1) is 18.6. The van der Waals surface area contributed by atoms with Gasteiger partial charge in [-0.2, -0.15) is 0 Å². The van der Waals surface area contributed by atoms with Crippen molar-refractivity contribution in [1.82, 2.24) is 5.32 Å². The van der Waals surface area contributed by atoms with Crippen LogP contribution >= 0.6 is 11.6 Å². The van der Waals surface area contributed by atoms with E-state index < -0.39 is 11.6 Å². The molecular weight excluding hydrogens is 392 g/mol. The predicted molar refractivity (Wildman–Crippen MR) is 111 cm³/mol. The fourth-order valence-corrected chi connectivity index (χ4v) is 4.78. The molecule has 1 saturated heterocycles.